The highest BCUT2D eigenvalue weighted by Crippen LogP contribution is 2.15. The Morgan fingerprint density at radius 1 is 1.60 bits per heavy atom. The van der Waals surface area contributed by atoms with Gasteiger partial charge >= 0.3 is 0 Å². The molecule has 1 fully saturated rings. The molecular formula is C8H17NS. The van der Waals surface area contributed by atoms with Gasteiger partial charge in [0.2, 0.25) is 0 Å². The topological polar surface area (TPSA) is 12.0 Å². The Hall–Kier alpha value is 0.310. The molecule has 1 rings (SSSR count). The van der Waals surface area contributed by atoms with Gasteiger partial charge in [-0.3, -0.25) is 0 Å². The summed E-state index contributed by atoms with van der Waals surface area (Å²) < 4.78 is 0. The molecule has 0 spiro atoms. The Morgan fingerprint density at radius 2 is 2.40 bits per heavy atom. The third kappa shape index (κ3) is 2.93. The first kappa shape index (κ1) is 8.41. The zero-order chi connectivity index (χ0) is 7.40. The minimum absolute atomic E-state index is 0.794. The summed E-state index contributed by atoms with van der Waals surface area (Å²) in [6.07, 6.45) is 2.77. The molecule has 1 N–H and O–H groups in total. The molecule has 2 heteroatoms. The van der Waals surface area contributed by atoms with Crippen molar-refractivity contribution in [3.05, 3.63) is 0 Å². The minimum atomic E-state index is 0.794. The molecule has 0 saturated carbocycles. The van der Waals surface area contributed by atoms with E-state index in [1.165, 1.54) is 25.1 Å². The van der Waals surface area contributed by atoms with Crippen molar-refractivity contribution in [2.45, 2.75) is 38.0 Å². The second kappa shape index (κ2) is 4.24. The Labute approximate surface area is 68.0 Å². The average molecular weight is 159 g/mol. The first-order chi connectivity index (χ1) is 4.79. The molecule has 0 aromatic heterocycles. The third-order valence-corrected chi connectivity index (χ3v) is 3.05. The fraction of sp³-hybridized carbons (Fsp3) is 1.00. The number of nitrogens with one attached hydrogen (secondary N) is 1. The molecule has 1 aliphatic rings. The number of hydrogen-bond acceptors (Lipinski definition) is 2. The summed E-state index contributed by atoms with van der Waals surface area (Å²) in [6, 6.07) is 0.812. The molecule has 60 valence electrons. The van der Waals surface area contributed by atoms with Gasteiger partial charge in [0, 0.05) is 11.8 Å². The van der Waals surface area contributed by atoms with Crippen molar-refractivity contribution in [2.24, 2.45) is 0 Å². The zero-order valence-corrected chi connectivity index (χ0v) is 7.71. The largest absolute Gasteiger partial charge is 0.313 e. The van der Waals surface area contributed by atoms with E-state index in [2.05, 4.69) is 30.9 Å². The molecule has 0 radical (unpaired) electrons. The van der Waals surface area contributed by atoms with Gasteiger partial charge in [-0.05, 0) is 24.6 Å². The van der Waals surface area contributed by atoms with Crippen LogP contribution in [0.4, 0.5) is 0 Å². The fourth-order valence-electron chi connectivity index (χ4n) is 1.21. The summed E-state index contributed by atoms with van der Waals surface area (Å²) in [6.45, 7) is 5.77. The summed E-state index contributed by atoms with van der Waals surface area (Å²) in [5, 5.41) is 4.28. The summed E-state index contributed by atoms with van der Waals surface area (Å²) in [5.74, 6) is 1.30. The fourth-order valence-corrected chi connectivity index (χ4v) is 2.11. The standard InChI is InChI=1S/C8H17NS/c1-7(2)10-6-8-4-3-5-9-8/h7-9H,3-6H2,1-2H3/t8-/m0/s1. The van der Waals surface area contributed by atoms with Crippen LogP contribution in [0.1, 0.15) is 26.7 Å². The summed E-state index contributed by atoms with van der Waals surface area (Å²) in [7, 11) is 0. The van der Waals surface area contributed by atoms with Crippen LogP contribution in [0.2, 0.25) is 0 Å². The molecular weight excluding hydrogens is 142 g/mol. The first-order valence-electron chi connectivity index (χ1n) is 4.14. The van der Waals surface area contributed by atoms with Crippen LogP contribution in [-0.4, -0.2) is 23.6 Å². The first-order valence-corrected chi connectivity index (χ1v) is 5.19. The van der Waals surface area contributed by atoms with E-state index in [1.807, 2.05) is 0 Å². The smallest absolute Gasteiger partial charge is 0.0158 e. The SMILES string of the molecule is CC(C)SC[C@@H]1CCCN1. The molecule has 0 amide bonds. The molecule has 0 bridgehead atoms. The van der Waals surface area contributed by atoms with Crippen LogP contribution in [0.25, 0.3) is 0 Å². The molecule has 1 heterocycles. The van der Waals surface area contributed by atoms with E-state index >= 15 is 0 Å². The van der Waals surface area contributed by atoms with Gasteiger partial charge in [0.05, 0.1) is 0 Å². The Kier molecular flexibility index (Phi) is 3.57. The second-order valence-corrected chi connectivity index (χ2v) is 4.78. The van der Waals surface area contributed by atoms with E-state index in [1.54, 1.807) is 0 Å². The minimum Gasteiger partial charge on any atom is -0.313 e. The van der Waals surface area contributed by atoms with Crippen molar-refractivity contribution in [2.75, 3.05) is 12.3 Å². The molecule has 0 aliphatic carbocycles. The van der Waals surface area contributed by atoms with Crippen LogP contribution in [0.5, 0.6) is 0 Å². The highest BCUT2D eigenvalue weighted by Gasteiger charge is 2.13. The predicted octanol–water partition coefficient (Wildman–Crippen LogP) is 1.88. The molecule has 0 aromatic carbocycles. The Balaban J connectivity index is 2.01. The second-order valence-electron chi connectivity index (χ2n) is 3.18. The third-order valence-electron chi connectivity index (χ3n) is 1.79. The highest BCUT2D eigenvalue weighted by molar-refractivity contribution is 7.99. The summed E-state index contributed by atoms with van der Waals surface area (Å²) in [5.41, 5.74) is 0. The lowest BCUT2D eigenvalue weighted by atomic mass is 10.3. The molecule has 1 nitrogen and oxygen atoms in total. The van der Waals surface area contributed by atoms with Crippen LogP contribution >= 0.6 is 11.8 Å². The zero-order valence-electron chi connectivity index (χ0n) is 6.89. The lowest BCUT2D eigenvalue weighted by Crippen LogP contribution is -2.24. The van der Waals surface area contributed by atoms with E-state index in [4.69, 9.17) is 0 Å². The van der Waals surface area contributed by atoms with Gasteiger partial charge in [0.25, 0.3) is 0 Å². The summed E-state index contributed by atoms with van der Waals surface area (Å²) >= 11 is 2.07. The quantitative estimate of drug-likeness (QED) is 0.675. The van der Waals surface area contributed by atoms with Crippen molar-refractivity contribution in [3.8, 4) is 0 Å². The highest BCUT2D eigenvalue weighted by atomic mass is 32.2. The molecule has 0 unspecified atom stereocenters. The lowest BCUT2D eigenvalue weighted by Gasteiger charge is -2.10. The average Bonchev–Trinajstić information content (AvgIpc) is 2.34. The maximum absolute atomic E-state index is 3.49. The van der Waals surface area contributed by atoms with Crippen LogP contribution in [0.3, 0.4) is 0 Å². The van der Waals surface area contributed by atoms with Gasteiger partial charge < -0.3 is 5.32 Å². The monoisotopic (exact) mass is 159 g/mol. The number of rotatable bonds is 3. The molecule has 1 atom stereocenters. The Morgan fingerprint density at radius 3 is 2.90 bits per heavy atom. The number of hydrogen-bond donors (Lipinski definition) is 1. The van der Waals surface area contributed by atoms with Crippen molar-refractivity contribution in [1.29, 1.82) is 0 Å². The van der Waals surface area contributed by atoms with Gasteiger partial charge in [-0.1, -0.05) is 13.8 Å². The molecule has 0 aromatic rings. The maximum Gasteiger partial charge on any atom is 0.0158 e. The van der Waals surface area contributed by atoms with Crippen LogP contribution in [0.15, 0.2) is 0 Å². The summed E-state index contributed by atoms with van der Waals surface area (Å²) in [4.78, 5) is 0. The lowest BCUT2D eigenvalue weighted by molar-refractivity contribution is 0.673. The molecule has 10 heavy (non-hydrogen) atoms. The predicted molar refractivity (Wildman–Crippen MR) is 48.6 cm³/mol. The van der Waals surface area contributed by atoms with E-state index in [-0.39, 0.29) is 0 Å². The Bertz CT molecular complexity index is 87.3. The molecule has 1 saturated heterocycles. The van der Waals surface area contributed by atoms with Gasteiger partial charge in [0.15, 0.2) is 0 Å². The van der Waals surface area contributed by atoms with Crippen LogP contribution in [0, 0.1) is 0 Å². The van der Waals surface area contributed by atoms with Crippen LogP contribution in [-0.2, 0) is 0 Å². The molecule has 1 aliphatic heterocycles. The van der Waals surface area contributed by atoms with Gasteiger partial charge in [-0.15, -0.1) is 0 Å². The normalized spacial score (nSPS) is 26.1. The van der Waals surface area contributed by atoms with Crippen LogP contribution < -0.4 is 5.32 Å². The van der Waals surface area contributed by atoms with E-state index in [0.717, 1.165) is 11.3 Å². The van der Waals surface area contributed by atoms with Crippen molar-refractivity contribution in [3.63, 3.8) is 0 Å². The van der Waals surface area contributed by atoms with E-state index in [0.29, 0.717) is 0 Å². The van der Waals surface area contributed by atoms with Gasteiger partial charge in [-0.25, -0.2) is 0 Å². The van der Waals surface area contributed by atoms with Crippen molar-refractivity contribution >= 4 is 11.8 Å². The van der Waals surface area contributed by atoms with Crippen molar-refractivity contribution in [1.82, 2.24) is 5.32 Å². The maximum atomic E-state index is 3.49. The van der Waals surface area contributed by atoms with E-state index in [9.17, 15) is 0 Å². The van der Waals surface area contributed by atoms with Gasteiger partial charge in [0.1, 0.15) is 0 Å². The van der Waals surface area contributed by atoms with E-state index < -0.39 is 0 Å². The number of thioether (sulfide) groups is 1. The van der Waals surface area contributed by atoms with Gasteiger partial charge in [-0.2, -0.15) is 11.8 Å². The van der Waals surface area contributed by atoms with Crippen molar-refractivity contribution < 1.29 is 0 Å².